The number of nitrogens with zero attached hydrogens (tertiary/aromatic N) is 3. The summed E-state index contributed by atoms with van der Waals surface area (Å²) in [6.07, 6.45) is 6.07. The Labute approximate surface area is 125 Å². The number of hydrogen-bond donors (Lipinski definition) is 0. The van der Waals surface area contributed by atoms with Gasteiger partial charge in [-0.2, -0.15) is 0 Å². The molecular formula is C15H25N3O3. The van der Waals surface area contributed by atoms with Gasteiger partial charge in [0.15, 0.2) is 0 Å². The average molecular weight is 295 g/mol. The van der Waals surface area contributed by atoms with Crippen molar-refractivity contribution in [2.24, 2.45) is 0 Å². The lowest BCUT2D eigenvalue weighted by molar-refractivity contribution is 0.0315. The van der Waals surface area contributed by atoms with Crippen LogP contribution in [0.4, 0.5) is 0 Å². The standard InChI is InChI=1S/C15H25N3O3/c1-2-14-16-17-15(21-14)11-18(9-12-5-3-7-19-12)10-13-6-4-8-20-13/h12-13H,2-11H2,1H3/t12-,13-/m0/s1. The minimum Gasteiger partial charge on any atom is -0.424 e. The van der Waals surface area contributed by atoms with Crippen LogP contribution in [-0.2, 0) is 22.4 Å². The van der Waals surface area contributed by atoms with Gasteiger partial charge in [0.1, 0.15) is 0 Å². The van der Waals surface area contributed by atoms with Crippen LogP contribution in [0.5, 0.6) is 0 Å². The van der Waals surface area contributed by atoms with Crippen LogP contribution in [0.15, 0.2) is 4.42 Å². The van der Waals surface area contributed by atoms with E-state index < -0.39 is 0 Å². The van der Waals surface area contributed by atoms with Gasteiger partial charge >= 0.3 is 0 Å². The zero-order valence-corrected chi connectivity index (χ0v) is 12.8. The van der Waals surface area contributed by atoms with Crippen molar-refractivity contribution in [1.82, 2.24) is 15.1 Å². The molecule has 2 aliphatic heterocycles. The molecule has 118 valence electrons. The van der Waals surface area contributed by atoms with Crippen molar-refractivity contribution in [3.63, 3.8) is 0 Å². The highest BCUT2D eigenvalue weighted by molar-refractivity contribution is 4.84. The molecule has 0 amide bonds. The van der Waals surface area contributed by atoms with Gasteiger partial charge < -0.3 is 13.9 Å². The molecule has 1 aromatic heterocycles. The van der Waals surface area contributed by atoms with Crippen LogP contribution in [0, 0.1) is 0 Å². The van der Waals surface area contributed by atoms with Crippen LogP contribution in [0.1, 0.15) is 44.4 Å². The third-order valence-electron chi connectivity index (χ3n) is 4.14. The first-order valence-electron chi connectivity index (χ1n) is 8.10. The highest BCUT2D eigenvalue weighted by Crippen LogP contribution is 2.18. The van der Waals surface area contributed by atoms with Crippen molar-refractivity contribution in [3.8, 4) is 0 Å². The SMILES string of the molecule is CCc1nnc(CN(C[C@@H]2CCCO2)C[C@@H]2CCCO2)o1. The third kappa shape index (κ3) is 4.25. The first kappa shape index (κ1) is 14.9. The van der Waals surface area contributed by atoms with E-state index >= 15 is 0 Å². The summed E-state index contributed by atoms with van der Waals surface area (Å²) >= 11 is 0. The lowest BCUT2D eigenvalue weighted by Gasteiger charge is -2.26. The molecule has 2 atom stereocenters. The third-order valence-corrected chi connectivity index (χ3v) is 4.14. The van der Waals surface area contributed by atoms with Crippen LogP contribution in [0.25, 0.3) is 0 Å². The minimum atomic E-state index is 0.333. The van der Waals surface area contributed by atoms with E-state index in [9.17, 15) is 0 Å². The Morgan fingerprint density at radius 1 is 1.00 bits per heavy atom. The maximum absolute atomic E-state index is 5.76. The van der Waals surface area contributed by atoms with Crippen molar-refractivity contribution in [3.05, 3.63) is 11.8 Å². The topological polar surface area (TPSA) is 60.6 Å². The molecule has 0 unspecified atom stereocenters. The predicted octanol–water partition coefficient (Wildman–Crippen LogP) is 1.79. The van der Waals surface area contributed by atoms with Crippen molar-refractivity contribution in [2.45, 2.75) is 57.8 Å². The summed E-state index contributed by atoms with van der Waals surface area (Å²) < 4.78 is 17.2. The lowest BCUT2D eigenvalue weighted by atomic mass is 10.2. The van der Waals surface area contributed by atoms with Crippen LogP contribution < -0.4 is 0 Å². The van der Waals surface area contributed by atoms with E-state index in [1.807, 2.05) is 6.92 Å². The molecule has 3 rings (SSSR count). The summed E-state index contributed by atoms with van der Waals surface area (Å²) in [7, 11) is 0. The number of ether oxygens (including phenoxy) is 2. The van der Waals surface area contributed by atoms with Crippen molar-refractivity contribution >= 4 is 0 Å². The van der Waals surface area contributed by atoms with Crippen molar-refractivity contribution < 1.29 is 13.9 Å². The predicted molar refractivity (Wildman–Crippen MR) is 76.9 cm³/mol. The van der Waals surface area contributed by atoms with E-state index in [0.29, 0.717) is 30.5 Å². The Kier molecular flexibility index (Phi) is 5.22. The zero-order chi connectivity index (χ0) is 14.5. The normalized spacial score (nSPS) is 26.0. The molecule has 0 aromatic carbocycles. The van der Waals surface area contributed by atoms with E-state index in [1.165, 1.54) is 12.8 Å². The van der Waals surface area contributed by atoms with Gasteiger partial charge in [-0.15, -0.1) is 10.2 Å². The number of rotatable bonds is 7. The molecule has 0 radical (unpaired) electrons. The summed E-state index contributed by atoms with van der Waals surface area (Å²) in [4.78, 5) is 2.35. The van der Waals surface area contributed by atoms with E-state index in [1.54, 1.807) is 0 Å². The first-order chi connectivity index (χ1) is 10.3. The van der Waals surface area contributed by atoms with E-state index in [-0.39, 0.29) is 0 Å². The highest BCUT2D eigenvalue weighted by atomic mass is 16.5. The molecule has 2 fully saturated rings. The van der Waals surface area contributed by atoms with Gasteiger partial charge in [0.05, 0.1) is 18.8 Å². The molecule has 2 aliphatic rings. The molecule has 6 nitrogen and oxygen atoms in total. The quantitative estimate of drug-likeness (QED) is 0.764. The molecule has 1 aromatic rings. The summed E-state index contributed by atoms with van der Waals surface area (Å²) in [6.45, 7) is 6.33. The van der Waals surface area contributed by atoms with Crippen LogP contribution >= 0.6 is 0 Å². The monoisotopic (exact) mass is 295 g/mol. The molecule has 0 bridgehead atoms. The second-order valence-corrected chi connectivity index (χ2v) is 5.91. The van der Waals surface area contributed by atoms with E-state index in [0.717, 1.165) is 45.6 Å². The molecular weight excluding hydrogens is 270 g/mol. The van der Waals surface area contributed by atoms with Gasteiger partial charge in [-0.05, 0) is 25.7 Å². The van der Waals surface area contributed by atoms with Crippen LogP contribution in [0.2, 0.25) is 0 Å². The van der Waals surface area contributed by atoms with E-state index in [4.69, 9.17) is 13.9 Å². The van der Waals surface area contributed by atoms with Gasteiger partial charge in [0, 0.05) is 32.7 Å². The Balaban J connectivity index is 1.58. The Hall–Kier alpha value is -0.980. The summed E-state index contributed by atoms with van der Waals surface area (Å²) in [5.74, 6) is 1.40. The highest BCUT2D eigenvalue weighted by Gasteiger charge is 2.25. The first-order valence-corrected chi connectivity index (χ1v) is 8.10. The second kappa shape index (κ2) is 7.33. The Bertz CT molecular complexity index is 408. The molecule has 0 N–H and O–H groups in total. The lowest BCUT2D eigenvalue weighted by Crippen LogP contribution is -2.37. The second-order valence-electron chi connectivity index (χ2n) is 5.91. The molecule has 2 saturated heterocycles. The Morgan fingerprint density at radius 2 is 1.62 bits per heavy atom. The number of aryl methyl sites for hydroxylation is 1. The summed E-state index contributed by atoms with van der Waals surface area (Å²) in [5, 5.41) is 8.18. The minimum absolute atomic E-state index is 0.333. The maximum Gasteiger partial charge on any atom is 0.230 e. The molecule has 0 spiro atoms. The van der Waals surface area contributed by atoms with Crippen LogP contribution in [-0.4, -0.2) is 53.6 Å². The van der Waals surface area contributed by atoms with Gasteiger partial charge in [0.25, 0.3) is 0 Å². The Morgan fingerprint density at radius 3 is 2.10 bits per heavy atom. The fourth-order valence-corrected chi connectivity index (χ4v) is 3.04. The maximum atomic E-state index is 5.76. The molecule has 6 heteroatoms. The molecule has 3 heterocycles. The zero-order valence-electron chi connectivity index (χ0n) is 12.8. The summed E-state index contributed by atoms with van der Waals surface area (Å²) in [6, 6.07) is 0. The fourth-order valence-electron chi connectivity index (χ4n) is 3.04. The van der Waals surface area contributed by atoms with Crippen molar-refractivity contribution in [2.75, 3.05) is 26.3 Å². The number of aromatic nitrogens is 2. The molecule has 0 aliphatic carbocycles. The van der Waals surface area contributed by atoms with Crippen LogP contribution in [0.3, 0.4) is 0 Å². The smallest absolute Gasteiger partial charge is 0.230 e. The number of hydrogen-bond acceptors (Lipinski definition) is 6. The fraction of sp³-hybridized carbons (Fsp3) is 0.867. The van der Waals surface area contributed by atoms with Gasteiger partial charge in [-0.25, -0.2) is 0 Å². The molecule has 21 heavy (non-hydrogen) atoms. The summed E-state index contributed by atoms with van der Waals surface area (Å²) in [5.41, 5.74) is 0. The van der Waals surface area contributed by atoms with Gasteiger partial charge in [0.2, 0.25) is 11.8 Å². The average Bonchev–Trinajstić information content (AvgIpc) is 3.20. The van der Waals surface area contributed by atoms with Gasteiger partial charge in [-0.3, -0.25) is 4.90 Å². The molecule has 0 saturated carbocycles. The van der Waals surface area contributed by atoms with Crippen molar-refractivity contribution in [1.29, 1.82) is 0 Å². The van der Waals surface area contributed by atoms with E-state index in [2.05, 4.69) is 15.1 Å². The van der Waals surface area contributed by atoms with Gasteiger partial charge in [-0.1, -0.05) is 6.92 Å². The largest absolute Gasteiger partial charge is 0.424 e.